The van der Waals surface area contributed by atoms with Crippen LogP contribution in [0, 0.1) is 0 Å². The molecule has 4 heteroatoms. The average Bonchev–Trinajstić information content (AvgIpc) is 2.87. The fraction of sp³-hybridized carbons (Fsp3) is 0.429. The summed E-state index contributed by atoms with van der Waals surface area (Å²) < 4.78 is 1.75. The SMILES string of the molecule is CCCCc1cn(C(CO)c2ccccc2)nn1. The first-order valence-corrected chi connectivity index (χ1v) is 6.41. The first-order valence-electron chi connectivity index (χ1n) is 6.41. The summed E-state index contributed by atoms with van der Waals surface area (Å²) in [6, 6.07) is 9.74. The molecule has 1 N–H and O–H groups in total. The molecule has 1 aromatic carbocycles. The second-order valence-corrected chi connectivity index (χ2v) is 4.40. The number of rotatable bonds is 6. The predicted molar refractivity (Wildman–Crippen MR) is 70.3 cm³/mol. The zero-order valence-electron chi connectivity index (χ0n) is 10.7. The number of nitrogens with zero attached hydrogens (tertiary/aromatic N) is 3. The van der Waals surface area contributed by atoms with Crippen molar-refractivity contribution in [2.45, 2.75) is 32.2 Å². The topological polar surface area (TPSA) is 50.9 Å². The zero-order valence-corrected chi connectivity index (χ0v) is 10.7. The second-order valence-electron chi connectivity index (χ2n) is 4.40. The number of hydrogen-bond acceptors (Lipinski definition) is 3. The molecule has 0 saturated carbocycles. The van der Waals surface area contributed by atoms with Gasteiger partial charge in [-0.15, -0.1) is 5.10 Å². The van der Waals surface area contributed by atoms with Crippen LogP contribution in [0.15, 0.2) is 36.5 Å². The van der Waals surface area contributed by atoms with Gasteiger partial charge in [0, 0.05) is 6.20 Å². The third-order valence-corrected chi connectivity index (χ3v) is 3.02. The molecule has 1 unspecified atom stereocenters. The van der Waals surface area contributed by atoms with Gasteiger partial charge < -0.3 is 5.11 Å². The highest BCUT2D eigenvalue weighted by molar-refractivity contribution is 5.19. The summed E-state index contributed by atoms with van der Waals surface area (Å²) >= 11 is 0. The van der Waals surface area contributed by atoms with Crippen molar-refractivity contribution in [3.8, 4) is 0 Å². The standard InChI is InChI=1S/C14H19N3O/c1-2-3-9-13-10-17(16-15-13)14(11-18)12-7-5-4-6-8-12/h4-8,10,14,18H,2-3,9,11H2,1H3. The fourth-order valence-electron chi connectivity index (χ4n) is 1.96. The first-order chi connectivity index (χ1) is 8.85. The van der Waals surface area contributed by atoms with Crippen LogP contribution in [-0.4, -0.2) is 26.7 Å². The van der Waals surface area contributed by atoms with Gasteiger partial charge in [0.1, 0.15) is 6.04 Å². The molecule has 0 fully saturated rings. The molecule has 0 aliphatic carbocycles. The summed E-state index contributed by atoms with van der Waals surface area (Å²) in [5.74, 6) is 0. The van der Waals surface area contributed by atoms with Gasteiger partial charge in [-0.05, 0) is 18.4 Å². The molecule has 96 valence electrons. The van der Waals surface area contributed by atoms with E-state index in [1.54, 1.807) is 4.68 Å². The fourth-order valence-corrected chi connectivity index (χ4v) is 1.96. The molecule has 18 heavy (non-hydrogen) atoms. The maximum Gasteiger partial charge on any atom is 0.102 e. The van der Waals surface area contributed by atoms with Gasteiger partial charge in [0.05, 0.1) is 12.3 Å². The van der Waals surface area contributed by atoms with Crippen LogP contribution in [0.2, 0.25) is 0 Å². The summed E-state index contributed by atoms with van der Waals surface area (Å²) in [5.41, 5.74) is 2.04. The Morgan fingerprint density at radius 3 is 2.72 bits per heavy atom. The summed E-state index contributed by atoms with van der Waals surface area (Å²) in [6.07, 6.45) is 5.15. The third kappa shape index (κ3) is 2.96. The highest BCUT2D eigenvalue weighted by atomic mass is 16.3. The normalized spacial score (nSPS) is 12.6. The van der Waals surface area contributed by atoms with Gasteiger partial charge >= 0.3 is 0 Å². The number of aryl methyl sites for hydroxylation is 1. The Bertz CT molecular complexity index is 467. The van der Waals surface area contributed by atoms with Gasteiger partial charge in [-0.3, -0.25) is 0 Å². The Balaban J connectivity index is 2.15. The molecule has 4 nitrogen and oxygen atoms in total. The van der Waals surface area contributed by atoms with E-state index in [2.05, 4.69) is 17.2 Å². The van der Waals surface area contributed by atoms with E-state index in [1.807, 2.05) is 36.5 Å². The van der Waals surface area contributed by atoms with Crippen molar-refractivity contribution in [3.05, 3.63) is 47.8 Å². The van der Waals surface area contributed by atoms with Crippen LogP contribution in [-0.2, 0) is 6.42 Å². The minimum absolute atomic E-state index is 0.0284. The van der Waals surface area contributed by atoms with Crippen LogP contribution in [0.1, 0.15) is 37.1 Å². The Hall–Kier alpha value is -1.68. The van der Waals surface area contributed by atoms with E-state index < -0.39 is 0 Å². The largest absolute Gasteiger partial charge is 0.394 e. The zero-order chi connectivity index (χ0) is 12.8. The van der Waals surface area contributed by atoms with Crippen LogP contribution in [0.5, 0.6) is 0 Å². The van der Waals surface area contributed by atoms with Gasteiger partial charge in [-0.1, -0.05) is 48.9 Å². The predicted octanol–water partition coefficient (Wildman–Crippen LogP) is 2.20. The number of benzene rings is 1. The Labute approximate surface area is 107 Å². The molecule has 0 aliphatic rings. The Morgan fingerprint density at radius 1 is 1.28 bits per heavy atom. The number of aliphatic hydroxyl groups is 1. The van der Waals surface area contributed by atoms with Crippen LogP contribution in [0.4, 0.5) is 0 Å². The third-order valence-electron chi connectivity index (χ3n) is 3.02. The number of unbranched alkanes of at least 4 members (excludes halogenated alkanes) is 1. The van der Waals surface area contributed by atoms with Crippen LogP contribution < -0.4 is 0 Å². The molecule has 1 heterocycles. The van der Waals surface area contributed by atoms with E-state index in [9.17, 15) is 5.11 Å². The molecule has 1 aromatic heterocycles. The minimum atomic E-state index is -0.144. The highest BCUT2D eigenvalue weighted by Crippen LogP contribution is 2.16. The maximum absolute atomic E-state index is 9.53. The van der Waals surface area contributed by atoms with Crippen LogP contribution >= 0.6 is 0 Å². The highest BCUT2D eigenvalue weighted by Gasteiger charge is 2.14. The maximum atomic E-state index is 9.53. The molecule has 0 radical (unpaired) electrons. The van der Waals surface area contributed by atoms with Crippen molar-refractivity contribution in [2.24, 2.45) is 0 Å². The van der Waals surface area contributed by atoms with Gasteiger partial charge in [0.25, 0.3) is 0 Å². The summed E-state index contributed by atoms with van der Waals surface area (Å²) in [7, 11) is 0. The molecule has 0 spiro atoms. The van der Waals surface area contributed by atoms with Crippen molar-refractivity contribution >= 4 is 0 Å². The molecule has 0 amide bonds. The van der Waals surface area contributed by atoms with E-state index in [0.29, 0.717) is 0 Å². The quantitative estimate of drug-likeness (QED) is 0.848. The van der Waals surface area contributed by atoms with Crippen molar-refractivity contribution in [1.82, 2.24) is 15.0 Å². The van der Waals surface area contributed by atoms with Gasteiger partial charge in [-0.25, -0.2) is 4.68 Å². The molecule has 0 saturated heterocycles. The lowest BCUT2D eigenvalue weighted by molar-refractivity contribution is 0.239. The van der Waals surface area contributed by atoms with E-state index >= 15 is 0 Å². The number of aromatic nitrogens is 3. The second kappa shape index (κ2) is 6.31. The molecule has 1 atom stereocenters. The van der Waals surface area contributed by atoms with E-state index in [0.717, 1.165) is 30.5 Å². The lowest BCUT2D eigenvalue weighted by Crippen LogP contribution is -2.15. The molecule has 2 aromatic rings. The van der Waals surface area contributed by atoms with Crippen molar-refractivity contribution in [1.29, 1.82) is 0 Å². The molecular formula is C14H19N3O. The Morgan fingerprint density at radius 2 is 2.06 bits per heavy atom. The van der Waals surface area contributed by atoms with E-state index in [4.69, 9.17) is 0 Å². The van der Waals surface area contributed by atoms with E-state index in [1.165, 1.54) is 0 Å². The average molecular weight is 245 g/mol. The molecule has 2 rings (SSSR count). The minimum Gasteiger partial charge on any atom is -0.394 e. The van der Waals surface area contributed by atoms with Crippen LogP contribution in [0.3, 0.4) is 0 Å². The monoisotopic (exact) mass is 245 g/mol. The molecule has 0 bridgehead atoms. The number of aliphatic hydroxyl groups excluding tert-OH is 1. The summed E-state index contributed by atoms with van der Waals surface area (Å²) in [6.45, 7) is 2.19. The Kier molecular flexibility index (Phi) is 4.47. The molecule has 0 aliphatic heterocycles. The molecular weight excluding hydrogens is 226 g/mol. The van der Waals surface area contributed by atoms with Gasteiger partial charge in [0.15, 0.2) is 0 Å². The lowest BCUT2D eigenvalue weighted by atomic mass is 10.1. The smallest absolute Gasteiger partial charge is 0.102 e. The van der Waals surface area contributed by atoms with Gasteiger partial charge in [-0.2, -0.15) is 0 Å². The van der Waals surface area contributed by atoms with Crippen molar-refractivity contribution in [2.75, 3.05) is 6.61 Å². The summed E-state index contributed by atoms with van der Waals surface area (Å²) in [5, 5.41) is 17.8. The van der Waals surface area contributed by atoms with Crippen LogP contribution in [0.25, 0.3) is 0 Å². The lowest BCUT2D eigenvalue weighted by Gasteiger charge is -2.13. The summed E-state index contributed by atoms with van der Waals surface area (Å²) in [4.78, 5) is 0. The van der Waals surface area contributed by atoms with Crippen molar-refractivity contribution in [3.63, 3.8) is 0 Å². The first kappa shape index (κ1) is 12.8. The van der Waals surface area contributed by atoms with Crippen molar-refractivity contribution < 1.29 is 5.11 Å². The number of hydrogen-bond donors (Lipinski definition) is 1. The van der Waals surface area contributed by atoms with Gasteiger partial charge in [0.2, 0.25) is 0 Å². The van der Waals surface area contributed by atoms with E-state index in [-0.39, 0.29) is 12.6 Å².